The Bertz CT molecular complexity index is 405. The summed E-state index contributed by atoms with van der Waals surface area (Å²) in [6, 6.07) is 0.0305. The zero-order valence-corrected chi connectivity index (χ0v) is 15.9. The molecule has 0 aromatic carbocycles. The predicted molar refractivity (Wildman–Crippen MR) is 97.1 cm³/mol. The van der Waals surface area contributed by atoms with Crippen molar-refractivity contribution < 1.29 is 9.53 Å². The standard InChI is InChI=1S/C18H35N3O2/c1-10-14(17(4,5)6)20-13(3)21-15(18(7,8)9)12-23-16(22)19-11-2/h10,14-15,20-21H,1,3,11-12H2,2,4-9H3,(H,19,22)/t14?,15-/m1/s1. The van der Waals surface area contributed by atoms with E-state index in [4.69, 9.17) is 4.74 Å². The van der Waals surface area contributed by atoms with E-state index in [0.29, 0.717) is 12.4 Å². The molecule has 23 heavy (non-hydrogen) atoms. The lowest BCUT2D eigenvalue weighted by Crippen LogP contribution is -2.49. The van der Waals surface area contributed by atoms with Crippen molar-refractivity contribution in [2.24, 2.45) is 10.8 Å². The average Bonchev–Trinajstić information content (AvgIpc) is 2.38. The predicted octanol–water partition coefficient (Wildman–Crippen LogP) is 3.40. The summed E-state index contributed by atoms with van der Waals surface area (Å²) >= 11 is 0. The normalized spacial score (nSPS) is 14.4. The molecule has 2 atom stereocenters. The SMILES string of the molecule is C=CC(NC(=C)N[C@H](COC(=O)NCC)C(C)(C)C)C(C)(C)C. The fourth-order valence-corrected chi connectivity index (χ4v) is 1.93. The van der Waals surface area contributed by atoms with Gasteiger partial charge in [0.1, 0.15) is 6.61 Å². The number of amides is 1. The molecule has 0 aliphatic rings. The van der Waals surface area contributed by atoms with Gasteiger partial charge >= 0.3 is 6.09 Å². The molecule has 134 valence electrons. The minimum absolute atomic E-state index is 0.0289. The zero-order chi connectivity index (χ0) is 18.3. The van der Waals surface area contributed by atoms with Crippen molar-refractivity contribution in [3.63, 3.8) is 0 Å². The van der Waals surface area contributed by atoms with Crippen molar-refractivity contribution in [2.45, 2.75) is 60.5 Å². The lowest BCUT2D eigenvalue weighted by Gasteiger charge is -2.35. The molecule has 0 aliphatic carbocycles. The van der Waals surface area contributed by atoms with Gasteiger partial charge in [-0.05, 0) is 17.8 Å². The first-order chi connectivity index (χ1) is 10.4. The van der Waals surface area contributed by atoms with Gasteiger partial charge in [-0.15, -0.1) is 6.58 Å². The van der Waals surface area contributed by atoms with E-state index in [-0.39, 0.29) is 29.5 Å². The van der Waals surface area contributed by atoms with Gasteiger partial charge in [0, 0.05) is 6.54 Å². The second kappa shape index (κ2) is 8.85. The maximum Gasteiger partial charge on any atom is 0.407 e. The van der Waals surface area contributed by atoms with Crippen LogP contribution in [-0.2, 0) is 4.74 Å². The van der Waals surface area contributed by atoms with E-state index in [1.165, 1.54) is 0 Å². The molecule has 1 unspecified atom stereocenters. The van der Waals surface area contributed by atoms with Crippen molar-refractivity contribution >= 4 is 6.09 Å². The number of hydrogen-bond donors (Lipinski definition) is 3. The van der Waals surface area contributed by atoms with Crippen LogP contribution in [-0.4, -0.2) is 31.3 Å². The molecule has 0 saturated carbocycles. The van der Waals surface area contributed by atoms with E-state index >= 15 is 0 Å². The molecular formula is C18H35N3O2. The monoisotopic (exact) mass is 325 g/mol. The van der Waals surface area contributed by atoms with E-state index in [9.17, 15) is 4.79 Å². The van der Waals surface area contributed by atoms with Gasteiger partial charge in [0.25, 0.3) is 0 Å². The maximum atomic E-state index is 11.5. The van der Waals surface area contributed by atoms with Gasteiger partial charge in [0.15, 0.2) is 0 Å². The smallest absolute Gasteiger partial charge is 0.407 e. The Labute approximate surface area is 141 Å². The summed E-state index contributed by atoms with van der Waals surface area (Å²) in [6.45, 7) is 23.3. The van der Waals surface area contributed by atoms with Gasteiger partial charge in [-0.2, -0.15) is 0 Å². The van der Waals surface area contributed by atoms with Crippen LogP contribution in [0.15, 0.2) is 25.1 Å². The highest BCUT2D eigenvalue weighted by Gasteiger charge is 2.28. The molecule has 0 radical (unpaired) electrons. The first kappa shape index (κ1) is 21.4. The van der Waals surface area contributed by atoms with Crippen molar-refractivity contribution in [2.75, 3.05) is 13.2 Å². The Hall–Kier alpha value is -1.65. The molecule has 0 fully saturated rings. The lowest BCUT2D eigenvalue weighted by molar-refractivity contribution is 0.109. The molecule has 0 heterocycles. The Morgan fingerprint density at radius 3 is 2.09 bits per heavy atom. The second-order valence-electron chi connectivity index (χ2n) is 7.89. The van der Waals surface area contributed by atoms with Crippen molar-refractivity contribution in [3.05, 3.63) is 25.1 Å². The van der Waals surface area contributed by atoms with E-state index in [2.05, 4.69) is 70.7 Å². The van der Waals surface area contributed by atoms with Gasteiger partial charge in [0.2, 0.25) is 0 Å². The van der Waals surface area contributed by atoms with Gasteiger partial charge in [-0.1, -0.05) is 54.2 Å². The summed E-state index contributed by atoms with van der Waals surface area (Å²) in [5.41, 5.74) is -0.0658. The third-order valence-corrected chi connectivity index (χ3v) is 3.59. The van der Waals surface area contributed by atoms with Crippen molar-refractivity contribution in [1.29, 1.82) is 0 Å². The van der Waals surface area contributed by atoms with E-state index in [1.807, 2.05) is 13.0 Å². The molecular weight excluding hydrogens is 290 g/mol. The molecule has 0 aliphatic heterocycles. The Morgan fingerprint density at radius 2 is 1.70 bits per heavy atom. The first-order valence-corrected chi connectivity index (χ1v) is 8.17. The summed E-state index contributed by atoms with van der Waals surface area (Å²) in [5.74, 6) is 0.698. The third kappa shape index (κ3) is 8.53. The highest BCUT2D eigenvalue weighted by molar-refractivity contribution is 5.67. The third-order valence-electron chi connectivity index (χ3n) is 3.59. The molecule has 0 rings (SSSR count). The molecule has 5 heteroatoms. The highest BCUT2D eigenvalue weighted by atomic mass is 16.5. The van der Waals surface area contributed by atoms with E-state index in [0.717, 1.165) is 0 Å². The zero-order valence-electron chi connectivity index (χ0n) is 15.9. The molecule has 0 spiro atoms. The molecule has 3 N–H and O–H groups in total. The summed E-state index contributed by atoms with van der Waals surface area (Å²) in [5, 5.41) is 9.30. The van der Waals surface area contributed by atoms with E-state index < -0.39 is 6.09 Å². The second-order valence-corrected chi connectivity index (χ2v) is 7.89. The largest absolute Gasteiger partial charge is 0.447 e. The lowest BCUT2D eigenvalue weighted by atomic mass is 9.86. The number of carbonyl (C=O) groups excluding carboxylic acids is 1. The molecule has 0 bridgehead atoms. The van der Waals surface area contributed by atoms with Crippen LogP contribution < -0.4 is 16.0 Å². The number of alkyl carbamates (subject to hydrolysis) is 1. The van der Waals surface area contributed by atoms with Crippen LogP contribution in [0, 0.1) is 10.8 Å². The van der Waals surface area contributed by atoms with Gasteiger partial charge in [0.05, 0.1) is 17.9 Å². The number of carbonyl (C=O) groups is 1. The van der Waals surface area contributed by atoms with Gasteiger partial charge < -0.3 is 20.7 Å². The van der Waals surface area contributed by atoms with Crippen molar-refractivity contribution in [3.8, 4) is 0 Å². The number of nitrogens with one attached hydrogen (secondary N) is 3. The molecule has 0 saturated heterocycles. The maximum absolute atomic E-state index is 11.5. The number of hydrogen-bond acceptors (Lipinski definition) is 4. The molecule has 0 aromatic heterocycles. The quantitative estimate of drug-likeness (QED) is 0.599. The summed E-state index contributed by atoms with van der Waals surface area (Å²) in [7, 11) is 0. The van der Waals surface area contributed by atoms with Crippen LogP contribution in [0.2, 0.25) is 0 Å². The summed E-state index contributed by atoms with van der Waals surface area (Å²) in [4.78, 5) is 11.5. The fourth-order valence-electron chi connectivity index (χ4n) is 1.93. The Morgan fingerprint density at radius 1 is 1.13 bits per heavy atom. The number of rotatable bonds is 8. The summed E-state index contributed by atoms with van der Waals surface area (Å²) in [6.07, 6.45) is 1.48. The van der Waals surface area contributed by atoms with Crippen LogP contribution in [0.3, 0.4) is 0 Å². The van der Waals surface area contributed by atoms with Crippen LogP contribution in [0.4, 0.5) is 4.79 Å². The van der Waals surface area contributed by atoms with Gasteiger partial charge in [-0.3, -0.25) is 0 Å². The van der Waals surface area contributed by atoms with Crippen LogP contribution in [0.1, 0.15) is 48.5 Å². The minimum atomic E-state index is -0.402. The van der Waals surface area contributed by atoms with Crippen LogP contribution in [0.5, 0.6) is 0 Å². The summed E-state index contributed by atoms with van der Waals surface area (Å²) < 4.78 is 5.27. The van der Waals surface area contributed by atoms with Gasteiger partial charge in [-0.25, -0.2) is 4.79 Å². The molecule has 5 nitrogen and oxygen atoms in total. The minimum Gasteiger partial charge on any atom is -0.447 e. The first-order valence-electron chi connectivity index (χ1n) is 8.17. The highest BCUT2D eigenvalue weighted by Crippen LogP contribution is 2.22. The fraction of sp³-hybridized carbons (Fsp3) is 0.722. The average molecular weight is 325 g/mol. The Kier molecular flexibility index (Phi) is 8.21. The van der Waals surface area contributed by atoms with Crippen LogP contribution in [0.25, 0.3) is 0 Å². The number of ether oxygens (including phenoxy) is 1. The topological polar surface area (TPSA) is 62.4 Å². The van der Waals surface area contributed by atoms with E-state index in [1.54, 1.807) is 0 Å². The molecule has 1 amide bonds. The molecule has 0 aromatic rings. The van der Waals surface area contributed by atoms with Crippen molar-refractivity contribution in [1.82, 2.24) is 16.0 Å². The Balaban J connectivity index is 4.74. The van der Waals surface area contributed by atoms with Crippen LogP contribution >= 0.6 is 0 Å².